The minimum Gasteiger partial charge on any atom is -0.479 e. The van der Waals surface area contributed by atoms with Gasteiger partial charge in [0.2, 0.25) is 5.91 Å². The van der Waals surface area contributed by atoms with Crippen LogP contribution in [0.3, 0.4) is 0 Å². The van der Waals surface area contributed by atoms with E-state index in [1.807, 2.05) is 13.8 Å². The Kier molecular flexibility index (Phi) is 5.05. The van der Waals surface area contributed by atoms with Crippen LogP contribution >= 0.6 is 0 Å². The molecule has 4 N–H and O–H groups in total. The number of carboxylic acid groups (broad SMARTS) is 1. The number of carbonyl (C=O) groups is 2. The molecule has 0 aliphatic carbocycles. The van der Waals surface area contributed by atoms with Gasteiger partial charge >= 0.3 is 5.97 Å². The largest absolute Gasteiger partial charge is 0.479 e. The third-order valence-corrected chi connectivity index (χ3v) is 2.89. The van der Waals surface area contributed by atoms with Crippen molar-refractivity contribution in [2.24, 2.45) is 18.7 Å². The SMILES string of the molecule is CC(C)C(N)CC(=O)NC(C(=O)O)c1cnn(C)c1. The lowest BCUT2D eigenvalue weighted by atomic mass is 10.0. The molecule has 1 aromatic heterocycles. The first kappa shape index (κ1) is 15.2. The number of nitrogens with zero attached hydrogens (tertiary/aromatic N) is 2. The molecule has 0 fully saturated rings. The molecular weight excluding hydrogens is 248 g/mol. The quantitative estimate of drug-likeness (QED) is 0.674. The number of aliphatic carboxylic acids is 1. The third kappa shape index (κ3) is 4.36. The fourth-order valence-electron chi connectivity index (χ4n) is 1.55. The summed E-state index contributed by atoms with van der Waals surface area (Å²) in [5, 5.41) is 15.5. The molecule has 106 valence electrons. The minimum atomic E-state index is -1.13. The number of amides is 1. The molecule has 1 rings (SSSR count). The molecule has 0 saturated carbocycles. The standard InChI is InChI=1S/C12H20N4O3/c1-7(2)9(13)4-10(17)15-11(12(18)19)8-5-14-16(3)6-8/h5-7,9,11H,4,13H2,1-3H3,(H,15,17)(H,18,19). The van der Waals surface area contributed by atoms with E-state index in [1.165, 1.54) is 10.9 Å². The number of rotatable bonds is 6. The molecule has 0 aliphatic rings. The number of aryl methyl sites for hydroxylation is 1. The molecule has 0 aromatic carbocycles. The molecule has 2 atom stereocenters. The van der Waals surface area contributed by atoms with E-state index in [0.717, 1.165) is 0 Å². The summed E-state index contributed by atoms with van der Waals surface area (Å²) in [5.74, 6) is -1.34. The summed E-state index contributed by atoms with van der Waals surface area (Å²) in [5.41, 5.74) is 6.22. The number of nitrogens with one attached hydrogen (secondary N) is 1. The first-order chi connectivity index (χ1) is 8.81. The van der Waals surface area contributed by atoms with Crippen molar-refractivity contribution < 1.29 is 14.7 Å². The minimum absolute atomic E-state index is 0.0989. The van der Waals surface area contributed by atoms with Gasteiger partial charge in [0.15, 0.2) is 6.04 Å². The predicted octanol–water partition coefficient (Wildman–Crippen LogP) is 0.0354. The van der Waals surface area contributed by atoms with Gasteiger partial charge in [-0.15, -0.1) is 0 Å². The van der Waals surface area contributed by atoms with E-state index in [1.54, 1.807) is 13.2 Å². The molecule has 1 aromatic rings. The molecule has 0 radical (unpaired) electrons. The van der Waals surface area contributed by atoms with Gasteiger partial charge < -0.3 is 16.2 Å². The number of nitrogens with two attached hydrogens (primary N) is 1. The zero-order valence-corrected chi connectivity index (χ0v) is 11.3. The van der Waals surface area contributed by atoms with Gasteiger partial charge in [-0.2, -0.15) is 5.10 Å². The highest BCUT2D eigenvalue weighted by molar-refractivity contribution is 5.84. The Balaban J connectivity index is 2.70. The summed E-state index contributed by atoms with van der Waals surface area (Å²) in [7, 11) is 1.68. The first-order valence-electron chi connectivity index (χ1n) is 6.07. The van der Waals surface area contributed by atoms with Crippen molar-refractivity contribution in [3.8, 4) is 0 Å². The van der Waals surface area contributed by atoms with Crippen LogP contribution in [0.4, 0.5) is 0 Å². The van der Waals surface area contributed by atoms with E-state index >= 15 is 0 Å². The average Bonchev–Trinajstić information content (AvgIpc) is 2.71. The van der Waals surface area contributed by atoms with Crippen molar-refractivity contribution in [3.05, 3.63) is 18.0 Å². The summed E-state index contributed by atoms with van der Waals surface area (Å²) in [6.45, 7) is 3.82. The average molecular weight is 268 g/mol. The van der Waals surface area contributed by atoms with Crippen LogP contribution in [0.15, 0.2) is 12.4 Å². The molecular formula is C12H20N4O3. The molecule has 0 saturated heterocycles. The normalized spacial score (nSPS) is 14.2. The van der Waals surface area contributed by atoms with Gasteiger partial charge in [-0.05, 0) is 5.92 Å². The maximum atomic E-state index is 11.8. The molecule has 0 spiro atoms. The van der Waals surface area contributed by atoms with E-state index in [9.17, 15) is 9.59 Å². The highest BCUT2D eigenvalue weighted by Gasteiger charge is 2.24. The van der Waals surface area contributed by atoms with Crippen molar-refractivity contribution >= 4 is 11.9 Å². The molecule has 1 heterocycles. The van der Waals surface area contributed by atoms with Crippen LogP contribution in [-0.2, 0) is 16.6 Å². The highest BCUT2D eigenvalue weighted by atomic mass is 16.4. The van der Waals surface area contributed by atoms with Gasteiger partial charge in [0.05, 0.1) is 6.20 Å². The predicted molar refractivity (Wildman–Crippen MR) is 69.2 cm³/mol. The van der Waals surface area contributed by atoms with Crippen LogP contribution in [0.5, 0.6) is 0 Å². The third-order valence-electron chi connectivity index (χ3n) is 2.89. The monoisotopic (exact) mass is 268 g/mol. The van der Waals surface area contributed by atoms with Gasteiger partial charge in [0.1, 0.15) is 0 Å². The van der Waals surface area contributed by atoms with E-state index in [4.69, 9.17) is 10.8 Å². The molecule has 2 unspecified atom stereocenters. The van der Waals surface area contributed by atoms with Crippen LogP contribution in [0.25, 0.3) is 0 Å². The van der Waals surface area contributed by atoms with Crippen LogP contribution < -0.4 is 11.1 Å². The molecule has 7 heteroatoms. The molecule has 0 bridgehead atoms. The lowest BCUT2D eigenvalue weighted by Gasteiger charge is -2.17. The number of hydrogen-bond acceptors (Lipinski definition) is 4. The van der Waals surface area contributed by atoms with Crippen molar-refractivity contribution in [2.75, 3.05) is 0 Å². The lowest BCUT2D eigenvalue weighted by Crippen LogP contribution is -2.38. The molecule has 7 nitrogen and oxygen atoms in total. The summed E-state index contributed by atoms with van der Waals surface area (Å²) in [4.78, 5) is 23.0. The summed E-state index contributed by atoms with van der Waals surface area (Å²) in [6, 6.07) is -1.39. The van der Waals surface area contributed by atoms with E-state index in [2.05, 4.69) is 10.4 Å². The maximum Gasteiger partial charge on any atom is 0.331 e. The summed E-state index contributed by atoms with van der Waals surface area (Å²) >= 11 is 0. The Labute approximate surface area is 111 Å². The second kappa shape index (κ2) is 6.33. The number of aromatic nitrogens is 2. The Hall–Kier alpha value is -1.89. The maximum absolute atomic E-state index is 11.8. The zero-order chi connectivity index (χ0) is 14.6. The summed E-state index contributed by atoms with van der Waals surface area (Å²) in [6.07, 6.45) is 3.07. The number of hydrogen-bond donors (Lipinski definition) is 3. The van der Waals surface area contributed by atoms with E-state index in [-0.39, 0.29) is 24.3 Å². The fraction of sp³-hybridized carbons (Fsp3) is 0.583. The van der Waals surface area contributed by atoms with Gasteiger partial charge in [-0.25, -0.2) is 4.79 Å². The number of carbonyl (C=O) groups excluding carboxylic acids is 1. The van der Waals surface area contributed by atoms with Crippen LogP contribution in [0.1, 0.15) is 31.9 Å². The molecule has 0 aliphatic heterocycles. The molecule has 19 heavy (non-hydrogen) atoms. The van der Waals surface area contributed by atoms with Crippen LogP contribution in [0, 0.1) is 5.92 Å². The van der Waals surface area contributed by atoms with E-state index < -0.39 is 12.0 Å². The topological polar surface area (TPSA) is 110 Å². The highest BCUT2D eigenvalue weighted by Crippen LogP contribution is 2.13. The van der Waals surface area contributed by atoms with Gasteiger partial charge in [-0.1, -0.05) is 13.8 Å². The lowest BCUT2D eigenvalue weighted by molar-refractivity contribution is -0.142. The van der Waals surface area contributed by atoms with Crippen molar-refractivity contribution in [1.29, 1.82) is 0 Å². The van der Waals surface area contributed by atoms with Crippen LogP contribution in [0.2, 0.25) is 0 Å². The Morgan fingerprint density at radius 1 is 1.53 bits per heavy atom. The van der Waals surface area contributed by atoms with Crippen molar-refractivity contribution in [1.82, 2.24) is 15.1 Å². The Morgan fingerprint density at radius 3 is 2.58 bits per heavy atom. The Morgan fingerprint density at radius 2 is 2.16 bits per heavy atom. The number of carboxylic acids is 1. The summed E-state index contributed by atoms with van der Waals surface area (Å²) < 4.78 is 1.48. The van der Waals surface area contributed by atoms with Gasteiger partial charge in [0.25, 0.3) is 0 Å². The first-order valence-corrected chi connectivity index (χ1v) is 6.07. The molecule has 1 amide bonds. The Bertz CT molecular complexity index is 456. The van der Waals surface area contributed by atoms with Gasteiger partial charge in [0, 0.05) is 31.3 Å². The van der Waals surface area contributed by atoms with Crippen LogP contribution in [-0.4, -0.2) is 32.8 Å². The smallest absolute Gasteiger partial charge is 0.331 e. The van der Waals surface area contributed by atoms with Gasteiger partial charge in [-0.3, -0.25) is 9.48 Å². The van der Waals surface area contributed by atoms with E-state index in [0.29, 0.717) is 5.56 Å². The second-order valence-corrected chi connectivity index (χ2v) is 4.90. The zero-order valence-electron chi connectivity index (χ0n) is 11.3. The van der Waals surface area contributed by atoms with Crippen molar-refractivity contribution in [3.63, 3.8) is 0 Å². The van der Waals surface area contributed by atoms with Crippen molar-refractivity contribution in [2.45, 2.75) is 32.4 Å². The fourth-order valence-corrected chi connectivity index (χ4v) is 1.55. The second-order valence-electron chi connectivity index (χ2n) is 4.90.